The summed E-state index contributed by atoms with van der Waals surface area (Å²) in [6.07, 6.45) is 4.90. The van der Waals surface area contributed by atoms with Gasteiger partial charge in [0.25, 0.3) is 0 Å². The number of rotatable bonds is 1. The number of nitrogens with zero attached hydrogens (tertiary/aromatic N) is 1. The van der Waals surface area contributed by atoms with Crippen molar-refractivity contribution in [1.82, 2.24) is 4.98 Å². The molecule has 0 aromatic carbocycles. The van der Waals surface area contributed by atoms with Crippen molar-refractivity contribution in [3.05, 3.63) is 18.5 Å². The molecule has 70 valence electrons. The Balaban J connectivity index is 2.17. The topological polar surface area (TPSA) is 37.0 Å². The van der Waals surface area contributed by atoms with Crippen LogP contribution in [0.1, 0.15) is 13.3 Å². The number of hydrogen-bond donors (Lipinski definition) is 2. The van der Waals surface area contributed by atoms with E-state index in [4.69, 9.17) is 0 Å². The van der Waals surface area contributed by atoms with Gasteiger partial charge in [0, 0.05) is 19.3 Å². The predicted octanol–water partition coefficient (Wildman–Crippen LogP) is 1.95. The maximum Gasteiger partial charge on any atom is 0.0762 e. The van der Waals surface area contributed by atoms with Gasteiger partial charge in [-0.1, -0.05) is 6.92 Å². The average molecular weight is 177 g/mol. The van der Waals surface area contributed by atoms with Crippen LogP contribution in [0.5, 0.6) is 0 Å². The Hall–Kier alpha value is -1.25. The molecular weight excluding hydrogens is 162 g/mol. The Morgan fingerprint density at radius 1 is 1.38 bits per heavy atom. The van der Waals surface area contributed by atoms with E-state index < -0.39 is 0 Å². The maximum absolute atomic E-state index is 4.09. The molecule has 3 heteroatoms. The molecule has 2 rings (SSSR count). The van der Waals surface area contributed by atoms with Gasteiger partial charge in [-0.05, 0) is 18.4 Å². The molecule has 1 aliphatic heterocycles. The van der Waals surface area contributed by atoms with E-state index in [2.05, 4.69) is 22.5 Å². The van der Waals surface area contributed by atoms with Crippen LogP contribution in [0.3, 0.4) is 0 Å². The summed E-state index contributed by atoms with van der Waals surface area (Å²) in [6, 6.07) is 2.01. The number of aromatic nitrogens is 1. The van der Waals surface area contributed by atoms with Gasteiger partial charge < -0.3 is 10.6 Å². The molecule has 0 bridgehead atoms. The van der Waals surface area contributed by atoms with Crippen molar-refractivity contribution >= 4 is 11.4 Å². The highest BCUT2D eigenvalue weighted by atomic mass is 15.0. The highest BCUT2D eigenvalue weighted by Gasteiger charge is 2.12. The third kappa shape index (κ3) is 1.74. The molecule has 0 saturated heterocycles. The molecule has 0 saturated carbocycles. The normalized spacial score (nSPS) is 20.8. The lowest BCUT2D eigenvalue weighted by Crippen LogP contribution is -2.17. The van der Waals surface area contributed by atoms with Crippen molar-refractivity contribution in [2.75, 3.05) is 23.7 Å². The van der Waals surface area contributed by atoms with Gasteiger partial charge in [-0.3, -0.25) is 4.98 Å². The molecule has 1 unspecified atom stereocenters. The third-order valence-corrected chi connectivity index (χ3v) is 2.56. The smallest absolute Gasteiger partial charge is 0.0762 e. The molecule has 1 aromatic heterocycles. The number of anilines is 2. The highest BCUT2D eigenvalue weighted by molar-refractivity contribution is 5.67. The van der Waals surface area contributed by atoms with E-state index in [1.165, 1.54) is 12.1 Å². The van der Waals surface area contributed by atoms with E-state index in [9.17, 15) is 0 Å². The summed E-state index contributed by atoms with van der Waals surface area (Å²) in [7, 11) is 0. The molecule has 13 heavy (non-hydrogen) atoms. The molecule has 0 aliphatic carbocycles. The number of fused-ring (bicyclic) bond motifs is 1. The highest BCUT2D eigenvalue weighted by Crippen LogP contribution is 2.23. The summed E-state index contributed by atoms with van der Waals surface area (Å²) in [4.78, 5) is 4.09. The van der Waals surface area contributed by atoms with Gasteiger partial charge >= 0.3 is 0 Å². The van der Waals surface area contributed by atoms with Crippen LogP contribution in [0.2, 0.25) is 0 Å². The molecule has 0 amide bonds. The summed E-state index contributed by atoms with van der Waals surface area (Å²) in [5.41, 5.74) is 2.30. The van der Waals surface area contributed by atoms with Crippen molar-refractivity contribution in [3.63, 3.8) is 0 Å². The van der Waals surface area contributed by atoms with Crippen LogP contribution >= 0.6 is 0 Å². The fourth-order valence-corrected chi connectivity index (χ4v) is 1.56. The van der Waals surface area contributed by atoms with E-state index in [1.54, 1.807) is 0 Å². The Morgan fingerprint density at radius 3 is 2.92 bits per heavy atom. The number of hydrogen-bond acceptors (Lipinski definition) is 3. The first-order valence-corrected chi connectivity index (χ1v) is 4.82. The SMILES string of the molecule is CCC1CNc2ccncc2NC1. The molecule has 2 heterocycles. The molecule has 2 N–H and O–H groups in total. The van der Waals surface area contributed by atoms with E-state index >= 15 is 0 Å². The lowest BCUT2D eigenvalue weighted by Gasteiger charge is -2.10. The molecular formula is C10H15N3. The third-order valence-electron chi connectivity index (χ3n) is 2.56. The molecule has 1 aliphatic rings. The van der Waals surface area contributed by atoms with Crippen LogP contribution in [0.25, 0.3) is 0 Å². The van der Waals surface area contributed by atoms with Gasteiger partial charge in [-0.15, -0.1) is 0 Å². The Bertz CT molecular complexity index is 258. The van der Waals surface area contributed by atoms with Gasteiger partial charge in [-0.2, -0.15) is 0 Å². The van der Waals surface area contributed by atoms with E-state index in [1.807, 2.05) is 18.5 Å². The second-order valence-electron chi connectivity index (χ2n) is 3.46. The second kappa shape index (κ2) is 3.64. The second-order valence-corrected chi connectivity index (χ2v) is 3.46. The van der Waals surface area contributed by atoms with Crippen LogP contribution in [-0.2, 0) is 0 Å². The summed E-state index contributed by atoms with van der Waals surface area (Å²) < 4.78 is 0. The van der Waals surface area contributed by atoms with Gasteiger partial charge in [0.1, 0.15) is 0 Å². The van der Waals surface area contributed by atoms with Crippen molar-refractivity contribution in [3.8, 4) is 0 Å². The van der Waals surface area contributed by atoms with Crippen LogP contribution in [0.4, 0.5) is 11.4 Å². The predicted molar refractivity (Wildman–Crippen MR) is 55.0 cm³/mol. The minimum Gasteiger partial charge on any atom is -0.383 e. The van der Waals surface area contributed by atoms with Gasteiger partial charge in [-0.25, -0.2) is 0 Å². The van der Waals surface area contributed by atoms with Gasteiger partial charge in [0.15, 0.2) is 0 Å². The van der Waals surface area contributed by atoms with E-state index in [0.717, 1.165) is 18.8 Å². The first-order chi connectivity index (χ1) is 6.40. The van der Waals surface area contributed by atoms with Crippen LogP contribution in [0, 0.1) is 5.92 Å². The Kier molecular flexibility index (Phi) is 2.34. The van der Waals surface area contributed by atoms with Crippen molar-refractivity contribution in [2.45, 2.75) is 13.3 Å². The fraction of sp³-hybridized carbons (Fsp3) is 0.500. The van der Waals surface area contributed by atoms with E-state index in [-0.39, 0.29) is 0 Å². The summed E-state index contributed by atoms with van der Waals surface area (Å²) >= 11 is 0. The van der Waals surface area contributed by atoms with Gasteiger partial charge in [0.2, 0.25) is 0 Å². The van der Waals surface area contributed by atoms with Crippen LogP contribution in [-0.4, -0.2) is 18.1 Å². The Morgan fingerprint density at radius 2 is 2.15 bits per heavy atom. The zero-order chi connectivity index (χ0) is 9.10. The van der Waals surface area contributed by atoms with Crippen molar-refractivity contribution in [2.24, 2.45) is 5.92 Å². The van der Waals surface area contributed by atoms with Crippen molar-refractivity contribution < 1.29 is 0 Å². The fourth-order valence-electron chi connectivity index (χ4n) is 1.56. The lowest BCUT2D eigenvalue weighted by molar-refractivity contribution is 0.570. The summed E-state index contributed by atoms with van der Waals surface area (Å²) in [6.45, 7) is 4.32. The number of nitrogens with one attached hydrogen (secondary N) is 2. The summed E-state index contributed by atoms with van der Waals surface area (Å²) in [5.74, 6) is 0.715. The first-order valence-electron chi connectivity index (χ1n) is 4.82. The minimum atomic E-state index is 0.715. The Labute approximate surface area is 78.6 Å². The summed E-state index contributed by atoms with van der Waals surface area (Å²) in [5, 5.41) is 6.82. The standard InChI is InChI=1S/C10H15N3/c1-2-8-5-12-9-3-4-11-7-10(9)13-6-8/h3-4,7-8,12-13H,2,5-6H2,1H3. The number of pyridine rings is 1. The average Bonchev–Trinajstić information content (AvgIpc) is 2.39. The quantitative estimate of drug-likeness (QED) is 0.688. The van der Waals surface area contributed by atoms with Crippen LogP contribution < -0.4 is 10.6 Å². The van der Waals surface area contributed by atoms with E-state index in [0.29, 0.717) is 5.92 Å². The van der Waals surface area contributed by atoms with Crippen molar-refractivity contribution in [1.29, 1.82) is 0 Å². The zero-order valence-corrected chi connectivity index (χ0v) is 7.88. The van der Waals surface area contributed by atoms with Crippen LogP contribution in [0.15, 0.2) is 18.5 Å². The zero-order valence-electron chi connectivity index (χ0n) is 7.88. The molecule has 0 fully saturated rings. The monoisotopic (exact) mass is 177 g/mol. The molecule has 1 aromatic rings. The molecule has 3 nitrogen and oxygen atoms in total. The minimum absolute atomic E-state index is 0.715. The molecule has 0 radical (unpaired) electrons. The lowest BCUT2D eigenvalue weighted by atomic mass is 10.1. The maximum atomic E-state index is 4.09. The first kappa shape index (κ1) is 8.35. The largest absolute Gasteiger partial charge is 0.383 e. The molecule has 0 spiro atoms. The van der Waals surface area contributed by atoms with Gasteiger partial charge in [0.05, 0.1) is 17.6 Å². The molecule has 1 atom stereocenters.